The lowest BCUT2D eigenvalue weighted by molar-refractivity contribution is -0.0583. The molecule has 1 aliphatic carbocycles. The average Bonchev–Trinajstić information content (AvgIpc) is 3.71. The second kappa shape index (κ2) is 25.6. The first-order valence-corrected chi connectivity index (χ1v) is 23.6. The number of nitrogen functional groups attached to an aromatic ring is 1. The van der Waals surface area contributed by atoms with Gasteiger partial charge in [0, 0.05) is 26.9 Å². The molecule has 16 heteroatoms. The Morgan fingerprint density at radius 1 is 0.965 bits per heavy atom. The Hall–Kier alpha value is -1.97. The third-order valence-corrected chi connectivity index (χ3v) is 12.5. The minimum Gasteiger partial charge on any atom is -0.387 e. The fraction of sp³-hybridized carbons (Fsp3) is 0.878. The van der Waals surface area contributed by atoms with Crippen LogP contribution >= 0.6 is 7.82 Å². The topological polar surface area (TPSA) is 185 Å². The number of anilines is 2. The van der Waals surface area contributed by atoms with E-state index in [0.717, 1.165) is 45.3 Å². The molecule has 0 spiro atoms. The van der Waals surface area contributed by atoms with E-state index < -0.39 is 38.5 Å². The molecule has 1 saturated heterocycles. The molecule has 0 bridgehead atoms. The molecule has 5 N–H and O–H groups in total. The van der Waals surface area contributed by atoms with E-state index in [2.05, 4.69) is 27.2 Å². The number of aliphatic hydroxyl groups is 1. The van der Waals surface area contributed by atoms with Crippen LogP contribution in [0.4, 0.5) is 16.2 Å². The molecule has 1 aliphatic heterocycles. The first kappa shape index (κ1) is 47.7. The second-order valence-corrected chi connectivity index (χ2v) is 17.8. The highest BCUT2D eigenvalue weighted by Crippen LogP contribution is 2.47. The van der Waals surface area contributed by atoms with Crippen LogP contribution in [0.3, 0.4) is 0 Å². The van der Waals surface area contributed by atoms with Gasteiger partial charge in [0.2, 0.25) is 5.95 Å². The van der Waals surface area contributed by atoms with Crippen molar-refractivity contribution >= 4 is 30.8 Å². The maximum Gasteiger partial charge on any atom is 0.472 e. The van der Waals surface area contributed by atoms with Gasteiger partial charge in [-0.25, -0.2) is 13.9 Å². The normalized spacial score (nSPS) is 23.3. The Morgan fingerprint density at radius 3 is 2.25 bits per heavy atom. The monoisotopic (exact) mass is 829 g/mol. The first-order chi connectivity index (χ1) is 27.6. The lowest BCUT2D eigenvalue weighted by Crippen LogP contribution is -2.40. The summed E-state index contributed by atoms with van der Waals surface area (Å²) in [6, 6.07) is 0. The van der Waals surface area contributed by atoms with E-state index in [9.17, 15) is 14.6 Å². The lowest BCUT2D eigenvalue weighted by Gasteiger charge is -2.25. The van der Waals surface area contributed by atoms with Crippen LogP contribution in [0.25, 0.3) is 11.2 Å². The van der Waals surface area contributed by atoms with Crippen LogP contribution in [0.5, 0.6) is 0 Å². The van der Waals surface area contributed by atoms with E-state index in [1.54, 1.807) is 7.05 Å². The van der Waals surface area contributed by atoms with Crippen molar-refractivity contribution in [3.05, 3.63) is 6.33 Å². The highest BCUT2D eigenvalue weighted by atomic mass is 31.2. The van der Waals surface area contributed by atoms with Crippen molar-refractivity contribution in [2.75, 3.05) is 51.1 Å². The number of rotatable bonds is 31. The van der Waals surface area contributed by atoms with Crippen LogP contribution in [-0.4, -0.2) is 93.6 Å². The van der Waals surface area contributed by atoms with Crippen LogP contribution in [0.15, 0.2) is 6.33 Å². The quantitative estimate of drug-likeness (QED) is 0.0417. The zero-order valence-corrected chi connectivity index (χ0v) is 36.0. The standard InChI is InChI=1S/C41H74FN6O8P/c1-4-5-6-7-11-14-20-26-52-27-21-15-12-9-8-10-13-19-24-33(53-28-25-32-22-17-16-18-23-32)29-54-57(50,51)55-30-34-36(49)41(2,42)39(56-34)48-31-45-35-37(44-3)46-40(43)47-38(35)48/h31-34,36,39,49H,4-30H2,1-3H3,(H,50,51)(H3,43,44,46,47)/t33-,34-,36?,39-,41-/m1/s1. The van der Waals surface area contributed by atoms with Crippen LogP contribution < -0.4 is 11.1 Å². The zero-order chi connectivity index (χ0) is 40.9. The summed E-state index contributed by atoms with van der Waals surface area (Å²) in [7, 11) is -2.97. The summed E-state index contributed by atoms with van der Waals surface area (Å²) >= 11 is 0. The molecule has 0 radical (unpaired) electrons. The second-order valence-electron chi connectivity index (χ2n) is 16.3. The number of unbranched alkanes of at least 4 members (excludes halogenated alkanes) is 13. The summed E-state index contributed by atoms with van der Waals surface area (Å²) in [4.78, 5) is 23.2. The molecule has 4 rings (SSSR count). The number of fused-ring (bicyclic) bond motifs is 1. The van der Waals surface area contributed by atoms with Crippen LogP contribution in [0.2, 0.25) is 0 Å². The number of imidazole rings is 1. The van der Waals surface area contributed by atoms with E-state index in [-0.39, 0.29) is 24.3 Å². The number of halogens is 1. The van der Waals surface area contributed by atoms with Crippen molar-refractivity contribution in [3.8, 4) is 0 Å². The number of nitrogens with one attached hydrogen (secondary N) is 1. The Balaban J connectivity index is 1.15. The molecule has 57 heavy (non-hydrogen) atoms. The van der Waals surface area contributed by atoms with Crippen LogP contribution in [-0.2, 0) is 27.8 Å². The van der Waals surface area contributed by atoms with Gasteiger partial charge in [-0.05, 0) is 38.5 Å². The summed E-state index contributed by atoms with van der Waals surface area (Å²) in [5, 5.41) is 13.8. The van der Waals surface area contributed by atoms with Crippen LogP contribution in [0, 0.1) is 5.92 Å². The van der Waals surface area contributed by atoms with Gasteiger partial charge in [-0.15, -0.1) is 0 Å². The fourth-order valence-electron chi connectivity index (χ4n) is 8.00. The van der Waals surface area contributed by atoms with Gasteiger partial charge in [-0.1, -0.05) is 122 Å². The Morgan fingerprint density at radius 2 is 1.60 bits per heavy atom. The number of nitrogens with zero attached hydrogens (tertiary/aromatic N) is 4. The summed E-state index contributed by atoms with van der Waals surface area (Å²) in [6.07, 6.45) is 22.8. The van der Waals surface area contributed by atoms with Gasteiger partial charge in [-0.2, -0.15) is 9.97 Å². The molecule has 2 aromatic heterocycles. The SMILES string of the molecule is CCCCCCCCCOCCCCCCCCCC[C@H](COP(=O)(O)OC[C@H]1O[C@@H](n2cnc3c(NC)nc(N)nc32)[C@](C)(F)C1O)OCCC1CCCCC1. The van der Waals surface area contributed by atoms with Gasteiger partial charge in [-0.3, -0.25) is 13.6 Å². The van der Waals surface area contributed by atoms with Gasteiger partial charge in [0.05, 0.1) is 25.6 Å². The number of phosphoric acid groups is 1. The van der Waals surface area contributed by atoms with E-state index >= 15 is 4.39 Å². The minimum atomic E-state index is -4.61. The summed E-state index contributed by atoms with van der Waals surface area (Å²) < 4.78 is 59.0. The lowest BCUT2D eigenvalue weighted by atomic mass is 9.87. The molecule has 1 saturated carbocycles. The van der Waals surface area contributed by atoms with Gasteiger partial charge in [0.1, 0.15) is 12.2 Å². The number of aromatic nitrogens is 4. The largest absolute Gasteiger partial charge is 0.472 e. The number of hydrogen-bond donors (Lipinski definition) is 4. The number of phosphoric ester groups is 1. The molecule has 6 atom stereocenters. The molecular formula is C41H74FN6O8P. The smallest absolute Gasteiger partial charge is 0.387 e. The first-order valence-electron chi connectivity index (χ1n) is 22.1. The van der Waals surface area contributed by atoms with Crippen molar-refractivity contribution < 1.29 is 42.2 Å². The Kier molecular flexibility index (Phi) is 21.4. The highest BCUT2D eigenvalue weighted by molar-refractivity contribution is 7.47. The Bertz CT molecular complexity index is 1450. The number of alkyl halides is 1. The molecule has 2 aromatic rings. The molecule has 14 nitrogen and oxygen atoms in total. The van der Waals surface area contributed by atoms with Gasteiger partial charge in [0.15, 0.2) is 28.9 Å². The number of aliphatic hydroxyl groups excluding tert-OH is 1. The van der Waals surface area contributed by atoms with E-state index in [4.69, 9.17) is 29.0 Å². The number of nitrogens with two attached hydrogens (primary N) is 1. The number of ether oxygens (including phenoxy) is 3. The summed E-state index contributed by atoms with van der Waals surface area (Å²) in [5.41, 5.74) is 4.06. The zero-order valence-electron chi connectivity index (χ0n) is 35.1. The van der Waals surface area contributed by atoms with Crippen molar-refractivity contribution in [3.63, 3.8) is 0 Å². The van der Waals surface area contributed by atoms with Gasteiger partial charge < -0.3 is 35.3 Å². The molecule has 328 valence electrons. The molecule has 0 amide bonds. The molecule has 2 aliphatic rings. The maximum absolute atomic E-state index is 16.0. The number of hydrogen-bond acceptors (Lipinski definition) is 12. The van der Waals surface area contributed by atoms with Crippen molar-refractivity contribution in [1.29, 1.82) is 0 Å². The third-order valence-electron chi connectivity index (χ3n) is 11.5. The summed E-state index contributed by atoms with van der Waals surface area (Å²) in [5.74, 6) is 0.947. The third kappa shape index (κ3) is 16.2. The van der Waals surface area contributed by atoms with Crippen LogP contribution in [0.1, 0.15) is 161 Å². The Labute approximate surface area is 340 Å². The van der Waals surface area contributed by atoms with Gasteiger partial charge >= 0.3 is 7.82 Å². The molecule has 2 unspecified atom stereocenters. The molecular weight excluding hydrogens is 754 g/mol. The molecule has 3 heterocycles. The molecule has 2 fully saturated rings. The van der Waals surface area contributed by atoms with E-state index in [1.165, 1.54) is 121 Å². The van der Waals surface area contributed by atoms with E-state index in [0.29, 0.717) is 30.3 Å². The van der Waals surface area contributed by atoms with Crippen molar-refractivity contribution in [1.82, 2.24) is 19.5 Å². The van der Waals surface area contributed by atoms with E-state index in [1.807, 2.05) is 0 Å². The predicted octanol–water partition coefficient (Wildman–Crippen LogP) is 9.20. The highest BCUT2D eigenvalue weighted by Gasteiger charge is 2.56. The minimum absolute atomic E-state index is 0.0568. The average molecular weight is 829 g/mol. The maximum atomic E-state index is 16.0. The fourth-order valence-corrected chi connectivity index (χ4v) is 8.77. The van der Waals surface area contributed by atoms with Crippen molar-refractivity contribution in [2.45, 2.75) is 185 Å². The van der Waals surface area contributed by atoms with Crippen molar-refractivity contribution in [2.24, 2.45) is 5.92 Å². The molecule has 0 aromatic carbocycles. The van der Waals surface area contributed by atoms with Gasteiger partial charge in [0.25, 0.3) is 0 Å². The predicted molar refractivity (Wildman–Crippen MR) is 222 cm³/mol. The summed E-state index contributed by atoms with van der Waals surface area (Å²) in [6.45, 7) is 5.06.